The van der Waals surface area contributed by atoms with Gasteiger partial charge in [-0.25, -0.2) is 9.98 Å². The Morgan fingerprint density at radius 1 is 0.494 bits per heavy atom. The standard InChI is InChI=1S/C66H74N8O11/c1-28-39(12-16-58(78)79)49-25-50-41(14-18-60(82)83)30(3)45(69-50)24-56-65(34(7)48(72-56)22-54-62(36(9)75)32(5)46(70-54)20-43(28)67-49)66-27-57-31(4)42(15-19-61(84)85)52(73-57)26-51-40(13-17-59(80)81)29(2)44(68-51)21-53-63(37(10)76)33(6)47(71-53)23-55(74-66)64(35(66)8)38(11)77/h20-27,36-38,55,67-70,72,74-77H,12-19H2,1-11H3,(H,78,79)(H,80,81)(H,82,83)(H,84,85). The van der Waals surface area contributed by atoms with E-state index >= 15 is 0 Å². The lowest BCUT2D eigenvalue weighted by Gasteiger charge is -2.32. The summed E-state index contributed by atoms with van der Waals surface area (Å²) >= 11 is 0. The summed E-state index contributed by atoms with van der Waals surface area (Å²) in [6.07, 6.45) is 12.6. The van der Waals surface area contributed by atoms with E-state index in [1.54, 1.807) is 20.8 Å². The molecule has 0 saturated heterocycles. The van der Waals surface area contributed by atoms with Crippen LogP contribution in [0.5, 0.6) is 0 Å². The van der Waals surface area contributed by atoms with Crippen molar-refractivity contribution in [3.8, 4) is 0 Å². The molecule has 0 aromatic carbocycles. The third-order valence-electron chi connectivity index (χ3n) is 17.9. The fraction of sp³-hybridized carbons (Fsp3) is 0.364. The van der Waals surface area contributed by atoms with Gasteiger partial charge in [0.2, 0.25) is 0 Å². The molecule has 0 radical (unpaired) electrons. The summed E-state index contributed by atoms with van der Waals surface area (Å²) in [6, 6.07) is -0.718. The third-order valence-corrected chi connectivity index (χ3v) is 17.9. The highest BCUT2D eigenvalue weighted by atomic mass is 16.4. The Labute approximate surface area is 489 Å². The van der Waals surface area contributed by atoms with Gasteiger partial charge in [-0.05, 0) is 223 Å². The molecule has 444 valence electrons. The average Bonchev–Trinajstić information content (AvgIpc) is 1.60. The molecule has 0 saturated carbocycles. The van der Waals surface area contributed by atoms with Crippen molar-refractivity contribution >= 4 is 71.8 Å². The van der Waals surface area contributed by atoms with Gasteiger partial charge < -0.3 is 60.7 Å². The lowest BCUT2D eigenvalue weighted by atomic mass is 9.79. The molecule has 0 amide bonds. The number of carboxylic acid groups (broad SMARTS) is 4. The van der Waals surface area contributed by atoms with Gasteiger partial charge in [-0.1, -0.05) is 0 Å². The number of carboxylic acids is 4. The number of aromatic amines is 5. The van der Waals surface area contributed by atoms with Crippen LogP contribution in [-0.2, 0) is 44.0 Å². The number of rotatable bonds is 16. The van der Waals surface area contributed by atoms with Crippen molar-refractivity contribution in [3.05, 3.63) is 167 Å². The molecule has 85 heavy (non-hydrogen) atoms. The highest BCUT2D eigenvalue weighted by molar-refractivity contribution is 6.24. The van der Waals surface area contributed by atoms with E-state index < -0.39 is 53.8 Å². The number of nitrogens with one attached hydrogen (secondary N) is 6. The zero-order chi connectivity index (χ0) is 61.4. The number of nitrogens with zero attached hydrogens (tertiary/aromatic N) is 2. The van der Waals surface area contributed by atoms with E-state index in [1.165, 1.54) is 0 Å². The molecule has 19 nitrogen and oxygen atoms in total. The molecule has 0 spiro atoms. The second kappa shape index (κ2) is 22.8. The molecule has 16 bridgehead atoms. The number of aliphatic imine (C=N–C) groups is 2. The van der Waals surface area contributed by atoms with Gasteiger partial charge >= 0.3 is 23.9 Å². The molecule has 5 aliphatic rings. The van der Waals surface area contributed by atoms with Gasteiger partial charge in [0, 0.05) is 97.3 Å². The van der Waals surface area contributed by atoms with Gasteiger partial charge in [0.05, 0.1) is 52.7 Å². The lowest BCUT2D eigenvalue weighted by Crippen LogP contribution is -2.43. The molecule has 0 fully saturated rings. The summed E-state index contributed by atoms with van der Waals surface area (Å²) in [5.41, 5.74) is 14.8. The molecule has 5 unspecified atom stereocenters. The van der Waals surface area contributed by atoms with Crippen LogP contribution in [0, 0.1) is 34.6 Å². The number of hydrogen-bond donors (Lipinski definition) is 13. The minimum atomic E-state index is -1.37. The molecule has 0 aliphatic carbocycles. The Bertz CT molecular complexity index is 4370. The third kappa shape index (κ3) is 10.9. The zero-order valence-corrected chi connectivity index (χ0v) is 49.7. The number of carbonyl (C=O) groups is 4. The monoisotopic (exact) mass is 1150 g/mol. The maximum absolute atomic E-state index is 12.4. The lowest BCUT2D eigenvalue weighted by molar-refractivity contribution is -0.138. The van der Waals surface area contributed by atoms with Gasteiger partial charge in [-0.3, -0.25) is 24.5 Å². The Hall–Kier alpha value is -8.62. The molecule has 10 rings (SSSR count). The van der Waals surface area contributed by atoms with Crippen LogP contribution in [0.3, 0.4) is 0 Å². The van der Waals surface area contributed by atoms with E-state index in [0.717, 1.165) is 55.8 Å². The van der Waals surface area contributed by atoms with Crippen LogP contribution in [0.25, 0.3) is 36.5 Å². The van der Waals surface area contributed by atoms with Gasteiger partial charge in [-0.15, -0.1) is 0 Å². The molecule has 10 heterocycles. The van der Waals surface area contributed by atoms with Gasteiger partial charge in [0.15, 0.2) is 0 Å². The highest BCUT2D eigenvalue weighted by Gasteiger charge is 2.48. The molecule has 5 aliphatic heterocycles. The van der Waals surface area contributed by atoms with E-state index in [2.05, 4.69) is 30.2 Å². The first-order chi connectivity index (χ1) is 40.2. The van der Waals surface area contributed by atoms with Crippen molar-refractivity contribution in [1.82, 2.24) is 30.2 Å². The second-order valence-corrected chi connectivity index (χ2v) is 23.3. The summed E-state index contributed by atoms with van der Waals surface area (Å²) in [4.78, 5) is 77.7. The number of aliphatic hydroxyl groups excluding tert-OH is 3. The first kappa shape index (κ1) is 59.5. The van der Waals surface area contributed by atoms with Crippen LogP contribution >= 0.6 is 0 Å². The number of fused-ring (bicyclic) bond motifs is 14. The largest absolute Gasteiger partial charge is 0.481 e. The second-order valence-electron chi connectivity index (χ2n) is 23.3. The maximum Gasteiger partial charge on any atom is 0.303 e. The minimum absolute atomic E-state index is 0.112. The van der Waals surface area contributed by atoms with E-state index in [0.29, 0.717) is 111 Å². The van der Waals surface area contributed by atoms with Crippen molar-refractivity contribution in [3.63, 3.8) is 0 Å². The van der Waals surface area contributed by atoms with Crippen LogP contribution in [0.15, 0.2) is 67.0 Å². The van der Waals surface area contributed by atoms with Gasteiger partial charge in [-0.2, -0.15) is 0 Å². The minimum Gasteiger partial charge on any atom is -0.481 e. The molecule has 5 atom stereocenters. The van der Waals surface area contributed by atoms with Crippen LogP contribution < -0.4 is 37.4 Å². The van der Waals surface area contributed by atoms with Crippen molar-refractivity contribution < 1.29 is 54.9 Å². The Kier molecular flexibility index (Phi) is 15.9. The smallest absolute Gasteiger partial charge is 0.303 e. The SMILES string of the molecule is CC1=C(CCC(=O)O)C2=NC1=CC1(c3c4[nH]c(c3C)C=c3[nH]c(c(C)c3C(C)O)=Cc3[nH]c(c(CCC(=O)O)c3C)C=c3[nH]c(c(C)c3CCC(=O)O)=C4)NC(C=C3N=C(C=c4[nH]c(c(CCC(=O)O)c4C)=C2)C(C(C)O)=C3C)C(C(C)O)=C1C. The number of hydrogen-bond acceptors (Lipinski definition) is 10. The number of H-pyrrole nitrogens is 5. The number of allylic oxidation sites excluding steroid dienone is 3. The van der Waals surface area contributed by atoms with E-state index in [4.69, 9.17) is 9.98 Å². The molecule has 19 heteroatoms. The predicted molar refractivity (Wildman–Crippen MR) is 325 cm³/mol. The van der Waals surface area contributed by atoms with Crippen molar-refractivity contribution in [2.75, 3.05) is 0 Å². The summed E-state index contributed by atoms with van der Waals surface area (Å²) in [7, 11) is 0. The first-order valence-corrected chi connectivity index (χ1v) is 28.8. The number of aliphatic carboxylic acids is 4. The van der Waals surface area contributed by atoms with Gasteiger partial charge in [0.25, 0.3) is 0 Å². The summed E-state index contributed by atoms with van der Waals surface area (Å²) < 4.78 is 0. The predicted octanol–water partition coefficient (Wildman–Crippen LogP) is 4.30. The fourth-order valence-electron chi connectivity index (χ4n) is 13.5. The van der Waals surface area contributed by atoms with Crippen molar-refractivity contribution in [2.24, 2.45) is 9.98 Å². The molecule has 5 aromatic heterocycles. The molecule has 13 N–H and O–H groups in total. The molecule has 5 aromatic rings. The van der Waals surface area contributed by atoms with Crippen molar-refractivity contribution in [1.29, 1.82) is 0 Å². The summed E-state index contributed by atoms with van der Waals surface area (Å²) in [5.74, 6) is -3.92. The summed E-state index contributed by atoms with van der Waals surface area (Å²) in [6.45, 7) is 20.6. The number of aliphatic hydroxyl groups is 3. The molecular weight excluding hydrogens is 1080 g/mol. The first-order valence-electron chi connectivity index (χ1n) is 28.8. The van der Waals surface area contributed by atoms with Crippen LogP contribution in [0.2, 0.25) is 0 Å². The van der Waals surface area contributed by atoms with Crippen molar-refractivity contribution in [2.45, 2.75) is 157 Å². The Morgan fingerprint density at radius 3 is 1.56 bits per heavy atom. The Morgan fingerprint density at radius 2 is 0.976 bits per heavy atom. The van der Waals surface area contributed by atoms with E-state index in [-0.39, 0.29) is 51.4 Å². The topological polar surface area (TPSA) is 326 Å². The Balaban J connectivity index is 1.36. The highest BCUT2D eigenvalue weighted by Crippen LogP contribution is 2.48. The van der Waals surface area contributed by atoms with E-state index in [1.807, 2.05) is 104 Å². The van der Waals surface area contributed by atoms with Crippen LogP contribution in [-0.4, -0.2) is 114 Å². The number of aromatic nitrogens is 5. The average molecular weight is 1160 g/mol. The zero-order valence-electron chi connectivity index (χ0n) is 49.7. The van der Waals surface area contributed by atoms with Gasteiger partial charge in [0.1, 0.15) is 0 Å². The fourth-order valence-corrected chi connectivity index (χ4v) is 13.5. The maximum atomic E-state index is 12.4. The molecular formula is C66H74N8O11. The normalized spacial score (nSPS) is 19.2. The summed E-state index contributed by atoms with van der Waals surface area (Å²) in [5, 5.41) is 83.2. The quantitative estimate of drug-likeness (QED) is 0.0604. The van der Waals surface area contributed by atoms with Crippen LogP contribution in [0.1, 0.15) is 158 Å². The van der Waals surface area contributed by atoms with E-state index in [9.17, 15) is 54.9 Å². The van der Waals surface area contributed by atoms with Crippen LogP contribution in [0.4, 0.5) is 0 Å².